The summed E-state index contributed by atoms with van der Waals surface area (Å²) in [6.07, 6.45) is 4.20. The molecule has 1 aromatic heterocycles. The van der Waals surface area contributed by atoms with Crippen LogP contribution in [0.1, 0.15) is 33.8 Å². The first-order valence-corrected chi connectivity index (χ1v) is 7.11. The van der Waals surface area contributed by atoms with E-state index in [9.17, 15) is 0 Å². The molecule has 1 fully saturated rings. The van der Waals surface area contributed by atoms with Gasteiger partial charge in [0.2, 0.25) is 0 Å². The SMILES string of the molecule is Cc1sc(C(Br)C2CCC2)cc1Br. The van der Waals surface area contributed by atoms with Gasteiger partial charge in [0.05, 0.1) is 4.83 Å². The highest BCUT2D eigenvalue weighted by molar-refractivity contribution is 9.10. The molecule has 0 spiro atoms. The monoisotopic (exact) mass is 322 g/mol. The van der Waals surface area contributed by atoms with E-state index in [0.717, 1.165) is 5.92 Å². The molecule has 13 heavy (non-hydrogen) atoms. The Labute approximate surface area is 100.0 Å². The van der Waals surface area contributed by atoms with Crippen LogP contribution in [0.3, 0.4) is 0 Å². The molecule has 72 valence electrons. The summed E-state index contributed by atoms with van der Waals surface area (Å²) in [5, 5.41) is 0. The lowest BCUT2D eigenvalue weighted by molar-refractivity contribution is 0.314. The van der Waals surface area contributed by atoms with Crippen LogP contribution in [0, 0.1) is 12.8 Å². The molecule has 0 nitrogen and oxygen atoms in total. The Morgan fingerprint density at radius 2 is 2.23 bits per heavy atom. The van der Waals surface area contributed by atoms with Crippen LogP contribution in [0.4, 0.5) is 0 Å². The van der Waals surface area contributed by atoms with Crippen LogP contribution in [-0.2, 0) is 0 Å². The van der Waals surface area contributed by atoms with E-state index in [1.807, 2.05) is 11.3 Å². The molecule has 3 heteroatoms. The van der Waals surface area contributed by atoms with Crippen molar-refractivity contribution in [3.05, 3.63) is 20.3 Å². The molecule has 0 bridgehead atoms. The van der Waals surface area contributed by atoms with Crippen molar-refractivity contribution in [2.75, 3.05) is 0 Å². The Morgan fingerprint density at radius 1 is 1.54 bits per heavy atom. The molecule has 1 aliphatic rings. The third kappa shape index (κ3) is 2.02. The number of thiophene rings is 1. The molecule has 0 aliphatic heterocycles. The highest BCUT2D eigenvalue weighted by atomic mass is 79.9. The fraction of sp³-hybridized carbons (Fsp3) is 0.600. The van der Waals surface area contributed by atoms with Gasteiger partial charge in [-0.05, 0) is 47.7 Å². The van der Waals surface area contributed by atoms with E-state index in [2.05, 4.69) is 44.8 Å². The van der Waals surface area contributed by atoms with Crippen molar-refractivity contribution in [2.45, 2.75) is 31.0 Å². The summed E-state index contributed by atoms with van der Waals surface area (Å²) in [4.78, 5) is 3.46. The van der Waals surface area contributed by atoms with Crippen molar-refractivity contribution in [3.63, 3.8) is 0 Å². The summed E-state index contributed by atoms with van der Waals surface area (Å²) in [6, 6.07) is 2.26. The molecule has 0 amide bonds. The predicted molar refractivity (Wildman–Crippen MR) is 65.8 cm³/mol. The molecule has 1 unspecified atom stereocenters. The summed E-state index contributed by atoms with van der Waals surface area (Å²) in [7, 11) is 0. The molecule has 1 aromatic rings. The minimum Gasteiger partial charge on any atom is -0.143 e. The molecule has 1 aliphatic carbocycles. The number of hydrogen-bond donors (Lipinski definition) is 0. The number of rotatable bonds is 2. The molecule has 1 heterocycles. The molecule has 0 N–H and O–H groups in total. The topological polar surface area (TPSA) is 0 Å². The van der Waals surface area contributed by atoms with Crippen LogP contribution in [0.25, 0.3) is 0 Å². The normalized spacial score (nSPS) is 19.9. The zero-order valence-electron chi connectivity index (χ0n) is 7.52. The lowest BCUT2D eigenvalue weighted by atomic mass is 9.82. The van der Waals surface area contributed by atoms with E-state index in [0.29, 0.717) is 4.83 Å². The third-order valence-electron chi connectivity index (χ3n) is 2.71. The van der Waals surface area contributed by atoms with Crippen LogP contribution < -0.4 is 0 Å². The van der Waals surface area contributed by atoms with Crippen LogP contribution in [0.5, 0.6) is 0 Å². The van der Waals surface area contributed by atoms with Gasteiger partial charge < -0.3 is 0 Å². The van der Waals surface area contributed by atoms with Gasteiger partial charge in [0.15, 0.2) is 0 Å². The standard InChI is InChI=1S/C10H12Br2S/c1-6-8(11)5-9(13-6)10(12)7-3-2-4-7/h5,7,10H,2-4H2,1H3. The van der Waals surface area contributed by atoms with Crippen LogP contribution in [-0.4, -0.2) is 0 Å². The maximum Gasteiger partial charge on any atom is 0.0517 e. The number of halogens is 2. The maximum atomic E-state index is 3.80. The molecular formula is C10H12Br2S. The van der Waals surface area contributed by atoms with Crippen LogP contribution >= 0.6 is 43.2 Å². The summed E-state index contributed by atoms with van der Waals surface area (Å²) in [5.74, 6) is 0.880. The van der Waals surface area contributed by atoms with Gasteiger partial charge in [-0.15, -0.1) is 11.3 Å². The first-order chi connectivity index (χ1) is 6.18. The van der Waals surface area contributed by atoms with Crippen molar-refractivity contribution in [2.24, 2.45) is 5.92 Å². The van der Waals surface area contributed by atoms with E-state index in [1.54, 1.807) is 0 Å². The Morgan fingerprint density at radius 3 is 2.62 bits per heavy atom. The first kappa shape index (κ1) is 10.2. The Kier molecular flexibility index (Phi) is 3.16. The number of hydrogen-bond acceptors (Lipinski definition) is 1. The Hall–Kier alpha value is 0.660. The van der Waals surface area contributed by atoms with Gasteiger partial charge in [0.25, 0.3) is 0 Å². The van der Waals surface area contributed by atoms with Crippen molar-refractivity contribution >= 4 is 43.2 Å². The average Bonchev–Trinajstić information content (AvgIpc) is 2.28. The van der Waals surface area contributed by atoms with Gasteiger partial charge in [0, 0.05) is 14.2 Å². The smallest absolute Gasteiger partial charge is 0.0517 e. The summed E-state index contributed by atoms with van der Waals surface area (Å²) in [5.41, 5.74) is 0. The van der Waals surface area contributed by atoms with Crippen molar-refractivity contribution in [1.29, 1.82) is 0 Å². The minimum absolute atomic E-state index is 0.594. The third-order valence-corrected chi connectivity index (χ3v) is 6.48. The second kappa shape index (κ2) is 4.03. The van der Waals surface area contributed by atoms with Crippen molar-refractivity contribution in [1.82, 2.24) is 0 Å². The molecule has 0 saturated heterocycles. The van der Waals surface area contributed by atoms with Crippen molar-refractivity contribution in [3.8, 4) is 0 Å². The quantitative estimate of drug-likeness (QED) is 0.668. The molecular weight excluding hydrogens is 312 g/mol. The van der Waals surface area contributed by atoms with E-state index in [4.69, 9.17) is 0 Å². The van der Waals surface area contributed by atoms with Gasteiger partial charge in [-0.1, -0.05) is 22.4 Å². The van der Waals surface area contributed by atoms with Gasteiger partial charge in [0.1, 0.15) is 0 Å². The van der Waals surface area contributed by atoms with E-state index in [1.165, 1.54) is 33.5 Å². The fourth-order valence-electron chi connectivity index (χ4n) is 1.58. The zero-order valence-corrected chi connectivity index (χ0v) is 11.5. The minimum atomic E-state index is 0.594. The predicted octanol–water partition coefficient (Wildman–Crippen LogP) is 5.06. The highest BCUT2D eigenvalue weighted by Crippen LogP contribution is 2.46. The number of alkyl halides is 1. The first-order valence-electron chi connectivity index (χ1n) is 4.58. The van der Waals surface area contributed by atoms with Crippen LogP contribution in [0.2, 0.25) is 0 Å². The number of aryl methyl sites for hydroxylation is 1. The van der Waals surface area contributed by atoms with Gasteiger partial charge in [-0.2, -0.15) is 0 Å². The van der Waals surface area contributed by atoms with Crippen LogP contribution in [0.15, 0.2) is 10.5 Å². The Balaban J connectivity index is 2.14. The van der Waals surface area contributed by atoms with Gasteiger partial charge >= 0.3 is 0 Å². The molecule has 2 rings (SSSR count). The molecule has 0 radical (unpaired) electrons. The van der Waals surface area contributed by atoms with Gasteiger partial charge in [-0.3, -0.25) is 0 Å². The van der Waals surface area contributed by atoms with E-state index >= 15 is 0 Å². The zero-order chi connectivity index (χ0) is 9.42. The second-order valence-corrected chi connectivity index (χ2v) is 6.77. The highest BCUT2D eigenvalue weighted by Gasteiger charge is 2.27. The molecule has 1 atom stereocenters. The Bertz CT molecular complexity index is 282. The molecule has 0 aromatic carbocycles. The van der Waals surface area contributed by atoms with Gasteiger partial charge in [-0.25, -0.2) is 0 Å². The lowest BCUT2D eigenvalue weighted by Gasteiger charge is -2.29. The summed E-state index contributed by atoms with van der Waals surface area (Å²) >= 11 is 9.27. The largest absolute Gasteiger partial charge is 0.143 e. The summed E-state index contributed by atoms with van der Waals surface area (Å²) in [6.45, 7) is 2.17. The average molecular weight is 324 g/mol. The second-order valence-electron chi connectivity index (χ2n) is 3.65. The van der Waals surface area contributed by atoms with E-state index in [-0.39, 0.29) is 0 Å². The van der Waals surface area contributed by atoms with E-state index < -0.39 is 0 Å². The maximum absolute atomic E-state index is 3.80. The summed E-state index contributed by atoms with van der Waals surface area (Å²) < 4.78 is 1.26. The lowest BCUT2D eigenvalue weighted by Crippen LogP contribution is -2.15. The fourth-order valence-corrected chi connectivity index (χ4v) is 4.16. The molecule has 1 saturated carbocycles. The van der Waals surface area contributed by atoms with Crippen molar-refractivity contribution < 1.29 is 0 Å².